The van der Waals surface area contributed by atoms with E-state index < -0.39 is 12.1 Å². The molecule has 80 valence electrons. The first kappa shape index (κ1) is 9.69. The lowest BCUT2D eigenvalue weighted by Crippen LogP contribution is -2.65. The fourth-order valence-electron chi connectivity index (χ4n) is 1.47. The molecule has 7 nitrogen and oxygen atoms in total. The Labute approximate surface area is 80.9 Å². The molecular formula is C7H14N4O3. The third-order valence-corrected chi connectivity index (χ3v) is 2.25. The minimum atomic E-state index is -1.62. The van der Waals surface area contributed by atoms with Gasteiger partial charge in [-0.15, -0.1) is 0 Å². The summed E-state index contributed by atoms with van der Waals surface area (Å²) in [7, 11) is 0. The van der Waals surface area contributed by atoms with Crippen LogP contribution in [-0.4, -0.2) is 31.5 Å². The minimum Gasteiger partial charge on any atom is -0.399 e. The molecule has 14 heavy (non-hydrogen) atoms. The summed E-state index contributed by atoms with van der Waals surface area (Å²) in [5, 5.41) is 0. The highest BCUT2D eigenvalue weighted by molar-refractivity contribution is 5.18. The predicted molar refractivity (Wildman–Crippen MR) is 47.1 cm³/mol. The molecule has 7 heteroatoms. The van der Waals surface area contributed by atoms with Crippen molar-refractivity contribution in [3.05, 3.63) is 11.4 Å². The number of nitrogens with two attached hydrogens (primary N) is 4. The van der Waals surface area contributed by atoms with E-state index in [-0.39, 0.29) is 19.3 Å². The Morgan fingerprint density at radius 1 is 1.29 bits per heavy atom. The maximum absolute atomic E-state index is 5.74. The molecular weight excluding hydrogens is 188 g/mol. The Morgan fingerprint density at radius 3 is 2.71 bits per heavy atom. The minimum absolute atomic E-state index is 0.242. The predicted octanol–water partition coefficient (Wildman–Crippen LogP) is -2.54. The number of hydrogen-bond acceptors (Lipinski definition) is 7. The molecule has 2 atom stereocenters. The summed E-state index contributed by atoms with van der Waals surface area (Å²) < 4.78 is 15.5. The highest BCUT2D eigenvalue weighted by Gasteiger charge is 2.42. The Bertz CT molecular complexity index is 278. The van der Waals surface area contributed by atoms with Crippen LogP contribution in [0.4, 0.5) is 0 Å². The van der Waals surface area contributed by atoms with E-state index in [0.29, 0.717) is 11.4 Å². The highest BCUT2D eigenvalue weighted by atomic mass is 16.8. The zero-order valence-electron chi connectivity index (χ0n) is 7.60. The maximum atomic E-state index is 5.74. The number of ether oxygens (including phenoxy) is 3. The number of hydrogen-bond donors (Lipinski definition) is 4. The fourth-order valence-corrected chi connectivity index (χ4v) is 1.47. The van der Waals surface area contributed by atoms with Gasteiger partial charge in [0.05, 0.1) is 24.6 Å². The molecule has 2 aliphatic rings. The first-order valence-corrected chi connectivity index (χ1v) is 4.25. The normalized spacial score (nSPS) is 36.7. The van der Waals surface area contributed by atoms with Crippen LogP contribution in [0.2, 0.25) is 0 Å². The van der Waals surface area contributed by atoms with Gasteiger partial charge < -0.3 is 25.7 Å². The molecule has 0 aliphatic carbocycles. The van der Waals surface area contributed by atoms with Gasteiger partial charge in [-0.05, 0) is 0 Å². The van der Waals surface area contributed by atoms with Crippen LogP contribution >= 0.6 is 0 Å². The van der Waals surface area contributed by atoms with Gasteiger partial charge in [0.15, 0.2) is 0 Å². The molecule has 8 N–H and O–H groups in total. The van der Waals surface area contributed by atoms with Crippen molar-refractivity contribution in [3.8, 4) is 0 Å². The third kappa shape index (κ3) is 1.56. The molecule has 0 aromatic rings. The maximum Gasteiger partial charge on any atom is 0.287 e. The quantitative estimate of drug-likeness (QED) is 0.318. The highest BCUT2D eigenvalue weighted by Crippen LogP contribution is 2.25. The van der Waals surface area contributed by atoms with Crippen LogP contribution in [0.5, 0.6) is 0 Å². The van der Waals surface area contributed by atoms with Gasteiger partial charge in [-0.2, -0.15) is 0 Å². The molecule has 0 aromatic carbocycles. The molecule has 2 aliphatic heterocycles. The second kappa shape index (κ2) is 3.07. The van der Waals surface area contributed by atoms with Crippen LogP contribution in [0, 0.1) is 0 Å². The first-order valence-electron chi connectivity index (χ1n) is 4.25. The second-order valence-corrected chi connectivity index (χ2v) is 3.40. The van der Waals surface area contributed by atoms with Gasteiger partial charge in [-0.3, -0.25) is 11.5 Å². The van der Waals surface area contributed by atoms with Crippen LogP contribution in [0.3, 0.4) is 0 Å². The average molecular weight is 202 g/mol. The summed E-state index contributed by atoms with van der Waals surface area (Å²) in [5.74, 6) is 0. The first-order chi connectivity index (χ1) is 6.49. The van der Waals surface area contributed by atoms with E-state index in [1.165, 1.54) is 0 Å². The monoisotopic (exact) mass is 202 g/mol. The van der Waals surface area contributed by atoms with Gasteiger partial charge in [-0.25, -0.2) is 0 Å². The summed E-state index contributed by atoms with van der Waals surface area (Å²) >= 11 is 0. The van der Waals surface area contributed by atoms with Crippen molar-refractivity contribution < 1.29 is 14.2 Å². The van der Waals surface area contributed by atoms with E-state index in [4.69, 9.17) is 37.1 Å². The summed E-state index contributed by atoms with van der Waals surface area (Å²) in [6.45, 7) is 0.521. The van der Waals surface area contributed by atoms with Crippen molar-refractivity contribution in [2.45, 2.75) is 18.2 Å². The molecule has 2 unspecified atom stereocenters. The molecule has 0 spiro atoms. The molecule has 1 fully saturated rings. The van der Waals surface area contributed by atoms with E-state index in [2.05, 4.69) is 0 Å². The lowest BCUT2D eigenvalue weighted by atomic mass is 10.1. The van der Waals surface area contributed by atoms with Crippen molar-refractivity contribution in [1.29, 1.82) is 0 Å². The van der Waals surface area contributed by atoms with E-state index in [1.807, 2.05) is 0 Å². The average Bonchev–Trinajstić information content (AvgIpc) is 2.11. The number of fused-ring (bicyclic) bond motifs is 1. The standard InChI is InChI=1S/C7H14N4O3/c8-3-1-12-4-2-13-7(10,11)14-6(4)5(3)9/h4,6H,1-2,8-11H2. The van der Waals surface area contributed by atoms with E-state index in [9.17, 15) is 0 Å². The zero-order valence-corrected chi connectivity index (χ0v) is 7.60. The molecule has 0 saturated carbocycles. The molecule has 1 saturated heterocycles. The zero-order chi connectivity index (χ0) is 10.3. The van der Waals surface area contributed by atoms with Gasteiger partial charge in [0.2, 0.25) is 0 Å². The van der Waals surface area contributed by atoms with Crippen molar-refractivity contribution in [1.82, 2.24) is 0 Å². The Hall–Kier alpha value is -0.860. The molecule has 0 bridgehead atoms. The van der Waals surface area contributed by atoms with Crippen molar-refractivity contribution in [2.75, 3.05) is 13.2 Å². The van der Waals surface area contributed by atoms with Crippen molar-refractivity contribution in [2.24, 2.45) is 22.9 Å². The molecule has 0 amide bonds. The third-order valence-electron chi connectivity index (χ3n) is 2.25. The van der Waals surface area contributed by atoms with E-state index in [0.717, 1.165) is 0 Å². The largest absolute Gasteiger partial charge is 0.399 e. The van der Waals surface area contributed by atoms with Gasteiger partial charge in [0.1, 0.15) is 12.2 Å². The van der Waals surface area contributed by atoms with Gasteiger partial charge >= 0.3 is 0 Å². The lowest BCUT2D eigenvalue weighted by molar-refractivity contribution is -0.316. The smallest absolute Gasteiger partial charge is 0.287 e. The van der Waals surface area contributed by atoms with Crippen LogP contribution < -0.4 is 22.9 Å². The molecule has 2 rings (SSSR count). The molecule has 0 aromatic heterocycles. The lowest BCUT2D eigenvalue weighted by Gasteiger charge is -2.42. The van der Waals surface area contributed by atoms with Crippen LogP contribution in [-0.2, 0) is 14.2 Å². The Kier molecular flexibility index (Phi) is 2.13. The topological polar surface area (TPSA) is 132 Å². The fraction of sp³-hybridized carbons (Fsp3) is 0.714. The van der Waals surface area contributed by atoms with Crippen LogP contribution in [0.15, 0.2) is 11.4 Å². The Balaban J connectivity index is 2.20. The molecule has 0 radical (unpaired) electrons. The van der Waals surface area contributed by atoms with Crippen molar-refractivity contribution in [3.63, 3.8) is 0 Å². The summed E-state index contributed by atoms with van der Waals surface area (Å²) in [6.07, 6.45) is -0.810. The SMILES string of the molecule is NC1=C(N)C2OC(N)(N)OCC2OC1. The summed E-state index contributed by atoms with van der Waals surface area (Å²) in [6, 6.07) is -1.62. The molecule has 2 heterocycles. The van der Waals surface area contributed by atoms with Gasteiger partial charge in [0.25, 0.3) is 6.03 Å². The van der Waals surface area contributed by atoms with E-state index >= 15 is 0 Å². The van der Waals surface area contributed by atoms with Crippen LogP contribution in [0.1, 0.15) is 0 Å². The van der Waals surface area contributed by atoms with Crippen molar-refractivity contribution >= 4 is 0 Å². The van der Waals surface area contributed by atoms with Gasteiger partial charge in [-0.1, -0.05) is 0 Å². The number of rotatable bonds is 0. The Morgan fingerprint density at radius 2 is 2.00 bits per heavy atom. The van der Waals surface area contributed by atoms with E-state index in [1.54, 1.807) is 0 Å². The summed E-state index contributed by atoms with van der Waals surface area (Å²) in [4.78, 5) is 0. The van der Waals surface area contributed by atoms with Gasteiger partial charge in [0, 0.05) is 0 Å². The second-order valence-electron chi connectivity index (χ2n) is 3.40. The van der Waals surface area contributed by atoms with Crippen LogP contribution in [0.25, 0.3) is 0 Å². The summed E-state index contributed by atoms with van der Waals surface area (Å²) in [5.41, 5.74) is 23.1.